The van der Waals surface area contributed by atoms with Gasteiger partial charge in [0.15, 0.2) is 0 Å². The van der Waals surface area contributed by atoms with Crippen molar-refractivity contribution in [2.75, 3.05) is 18.4 Å². The van der Waals surface area contributed by atoms with E-state index in [4.69, 9.17) is 9.72 Å². The average molecular weight is 374 g/mol. The van der Waals surface area contributed by atoms with E-state index in [0.717, 1.165) is 49.5 Å². The Kier molecular flexibility index (Phi) is 5.58. The zero-order chi connectivity index (χ0) is 19.6. The van der Waals surface area contributed by atoms with Gasteiger partial charge < -0.3 is 19.5 Å². The Morgan fingerprint density at radius 3 is 2.67 bits per heavy atom. The van der Waals surface area contributed by atoms with Gasteiger partial charge in [0.1, 0.15) is 11.1 Å². The van der Waals surface area contributed by atoms with E-state index in [1.54, 1.807) is 0 Å². The predicted molar refractivity (Wildman–Crippen MR) is 107 cm³/mol. The zero-order valence-corrected chi connectivity index (χ0v) is 17.0. The molecular formula is C20H31N5O2. The minimum Gasteiger partial charge on any atom is -0.444 e. The molecule has 7 nitrogen and oxygen atoms in total. The Labute approximate surface area is 161 Å². The predicted octanol–water partition coefficient (Wildman–Crippen LogP) is 3.90. The summed E-state index contributed by atoms with van der Waals surface area (Å²) in [5.74, 6) is 1.39. The van der Waals surface area contributed by atoms with Crippen molar-refractivity contribution < 1.29 is 9.53 Å². The number of nitrogens with one attached hydrogen (secondary N) is 1. The number of imidazole rings is 1. The van der Waals surface area contributed by atoms with Crippen molar-refractivity contribution in [1.82, 2.24) is 19.4 Å². The summed E-state index contributed by atoms with van der Waals surface area (Å²) in [4.78, 5) is 23.0. The van der Waals surface area contributed by atoms with Gasteiger partial charge in [0, 0.05) is 31.9 Å². The fourth-order valence-corrected chi connectivity index (χ4v) is 3.42. The number of nitrogens with zero attached hydrogens (tertiary/aromatic N) is 4. The Hall–Kier alpha value is -2.31. The van der Waals surface area contributed by atoms with Crippen molar-refractivity contribution in [3.8, 4) is 0 Å². The normalized spacial score (nSPS) is 16.1. The summed E-state index contributed by atoms with van der Waals surface area (Å²) in [7, 11) is 0. The summed E-state index contributed by atoms with van der Waals surface area (Å²) >= 11 is 0. The molecule has 0 bridgehead atoms. The lowest BCUT2D eigenvalue weighted by atomic mass is 9.97. The first-order valence-corrected chi connectivity index (χ1v) is 9.77. The maximum absolute atomic E-state index is 12.3. The maximum atomic E-state index is 12.3. The minimum atomic E-state index is -0.449. The van der Waals surface area contributed by atoms with E-state index in [9.17, 15) is 4.79 Å². The molecule has 1 aliphatic heterocycles. The van der Waals surface area contributed by atoms with Crippen LogP contribution in [0.2, 0.25) is 0 Å². The minimum absolute atomic E-state index is 0.206. The van der Waals surface area contributed by atoms with Gasteiger partial charge in [0.05, 0.1) is 11.7 Å². The van der Waals surface area contributed by atoms with E-state index in [2.05, 4.69) is 28.7 Å². The molecule has 0 saturated carbocycles. The molecule has 0 unspecified atom stereocenters. The van der Waals surface area contributed by atoms with Crippen molar-refractivity contribution in [2.24, 2.45) is 5.92 Å². The second-order valence-electron chi connectivity index (χ2n) is 8.62. The summed E-state index contributed by atoms with van der Waals surface area (Å²) < 4.78 is 7.75. The van der Waals surface area contributed by atoms with Gasteiger partial charge in [0.2, 0.25) is 5.95 Å². The van der Waals surface area contributed by atoms with E-state index in [-0.39, 0.29) is 6.09 Å². The molecule has 1 aliphatic rings. The Bertz CT molecular complexity index is 785. The third-order valence-electron chi connectivity index (χ3n) is 4.68. The molecule has 0 spiro atoms. The molecule has 0 atom stereocenters. The van der Waals surface area contributed by atoms with Gasteiger partial charge >= 0.3 is 6.09 Å². The van der Waals surface area contributed by atoms with Gasteiger partial charge in [-0.05, 0) is 59.4 Å². The molecule has 2 aromatic heterocycles. The fraction of sp³-hybridized carbons (Fsp3) is 0.650. The molecule has 7 heteroatoms. The topological polar surface area (TPSA) is 72.3 Å². The van der Waals surface area contributed by atoms with E-state index in [0.29, 0.717) is 12.0 Å². The molecule has 3 heterocycles. The van der Waals surface area contributed by atoms with Crippen molar-refractivity contribution in [3.63, 3.8) is 0 Å². The zero-order valence-electron chi connectivity index (χ0n) is 17.0. The number of amides is 1. The lowest BCUT2D eigenvalue weighted by Crippen LogP contribution is -2.42. The third-order valence-corrected chi connectivity index (χ3v) is 4.68. The molecule has 0 aliphatic carbocycles. The fourth-order valence-electron chi connectivity index (χ4n) is 3.42. The Balaban J connectivity index is 1.67. The maximum Gasteiger partial charge on any atom is 0.410 e. The molecule has 1 saturated heterocycles. The SMILES string of the molecule is CC(C)Nc1nc2cnccc2n1CC1CCN(C(=O)OC(C)(C)C)CC1. The molecule has 2 aromatic rings. The van der Waals surface area contributed by atoms with Gasteiger partial charge in [0.25, 0.3) is 0 Å². The smallest absolute Gasteiger partial charge is 0.410 e. The van der Waals surface area contributed by atoms with Crippen molar-refractivity contribution >= 4 is 23.1 Å². The summed E-state index contributed by atoms with van der Waals surface area (Å²) in [5, 5.41) is 3.44. The number of hydrogen-bond acceptors (Lipinski definition) is 5. The highest BCUT2D eigenvalue weighted by Crippen LogP contribution is 2.26. The first-order chi connectivity index (χ1) is 12.7. The summed E-state index contributed by atoms with van der Waals surface area (Å²) in [6, 6.07) is 2.33. The first kappa shape index (κ1) is 19.5. The molecule has 3 rings (SSSR count). The summed E-state index contributed by atoms with van der Waals surface area (Å²) in [6.07, 6.45) is 5.34. The van der Waals surface area contributed by atoms with Gasteiger partial charge in [-0.2, -0.15) is 0 Å². The number of piperidine rings is 1. The van der Waals surface area contributed by atoms with Crippen LogP contribution in [-0.2, 0) is 11.3 Å². The Morgan fingerprint density at radius 1 is 1.33 bits per heavy atom. The molecule has 1 N–H and O–H groups in total. The highest BCUT2D eigenvalue weighted by molar-refractivity contribution is 5.77. The second-order valence-corrected chi connectivity index (χ2v) is 8.62. The Morgan fingerprint density at radius 2 is 2.04 bits per heavy atom. The van der Waals surface area contributed by atoms with Crippen LogP contribution >= 0.6 is 0 Å². The van der Waals surface area contributed by atoms with E-state index in [1.165, 1.54) is 0 Å². The monoisotopic (exact) mass is 373 g/mol. The van der Waals surface area contributed by atoms with Gasteiger partial charge in [-0.1, -0.05) is 0 Å². The van der Waals surface area contributed by atoms with E-state index >= 15 is 0 Å². The molecular weight excluding hydrogens is 342 g/mol. The largest absolute Gasteiger partial charge is 0.444 e. The van der Waals surface area contributed by atoms with Crippen LogP contribution in [0.15, 0.2) is 18.5 Å². The summed E-state index contributed by atoms with van der Waals surface area (Å²) in [6.45, 7) is 12.3. The highest BCUT2D eigenvalue weighted by Gasteiger charge is 2.27. The summed E-state index contributed by atoms with van der Waals surface area (Å²) in [5.41, 5.74) is 1.56. The number of likely N-dealkylation sites (tertiary alicyclic amines) is 1. The number of fused-ring (bicyclic) bond motifs is 1. The third kappa shape index (κ3) is 4.90. The highest BCUT2D eigenvalue weighted by atomic mass is 16.6. The van der Waals surface area contributed by atoms with Crippen LogP contribution in [0.4, 0.5) is 10.7 Å². The van der Waals surface area contributed by atoms with Gasteiger partial charge in [-0.3, -0.25) is 4.98 Å². The number of anilines is 1. The number of hydrogen-bond donors (Lipinski definition) is 1. The van der Waals surface area contributed by atoms with E-state index < -0.39 is 5.60 Å². The quantitative estimate of drug-likeness (QED) is 0.880. The van der Waals surface area contributed by atoms with Crippen LogP contribution in [-0.4, -0.2) is 50.3 Å². The van der Waals surface area contributed by atoms with E-state index in [1.807, 2.05) is 44.1 Å². The number of ether oxygens (including phenoxy) is 1. The molecule has 0 aromatic carbocycles. The average Bonchev–Trinajstić information content (AvgIpc) is 2.91. The molecule has 148 valence electrons. The number of carbonyl (C=O) groups is 1. The van der Waals surface area contributed by atoms with Crippen LogP contribution in [0.1, 0.15) is 47.5 Å². The van der Waals surface area contributed by atoms with Crippen LogP contribution in [0.3, 0.4) is 0 Å². The van der Waals surface area contributed by atoms with Crippen molar-refractivity contribution in [2.45, 2.75) is 65.6 Å². The number of carbonyl (C=O) groups excluding carboxylic acids is 1. The van der Waals surface area contributed by atoms with Gasteiger partial charge in [-0.25, -0.2) is 9.78 Å². The lowest BCUT2D eigenvalue weighted by Gasteiger charge is -2.33. The van der Waals surface area contributed by atoms with Crippen LogP contribution in [0.5, 0.6) is 0 Å². The van der Waals surface area contributed by atoms with Crippen LogP contribution < -0.4 is 5.32 Å². The lowest BCUT2D eigenvalue weighted by molar-refractivity contribution is 0.0178. The number of pyridine rings is 1. The van der Waals surface area contributed by atoms with Gasteiger partial charge in [-0.15, -0.1) is 0 Å². The standard InChI is InChI=1S/C20H31N5O2/c1-14(2)22-18-23-16-12-21-9-6-17(16)25(18)13-15-7-10-24(11-8-15)19(26)27-20(3,4)5/h6,9,12,14-15H,7-8,10-11,13H2,1-5H3,(H,22,23). The number of aromatic nitrogens is 3. The number of rotatable bonds is 4. The molecule has 0 radical (unpaired) electrons. The van der Waals surface area contributed by atoms with Crippen molar-refractivity contribution in [3.05, 3.63) is 18.5 Å². The molecule has 1 fully saturated rings. The first-order valence-electron chi connectivity index (χ1n) is 9.77. The van der Waals surface area contributed by atoms with Crippen molar-refractivity contribution in [1.29, 1.82) is 0 Å². The molecule has 1 amide bonds. The van der Waals surface area contributed by atoms with Crippen LogP contribution in [0.25, 0.3) is 11.0 Å². The van der Waals surface area contributed by atoms with Crippen LogP contribution in [0, 0.1) is 5.92 Å². The molecule has 27 heavy (non-hydrogen) atoms. The second kappa shape index (κ2) is 7.74.